The topological polar surface area (TPSA) is 50.4 Å². The number of rotatable bonds is 7. The van der Waals surface area contributed by atoms with E-state index in [0.29, 0.717) is 10.8 Å². The molecular formula is C20H19ClN2O2S. The number of thiophene rings is 1. The van der Waals surface area contributed by atoms with Crippen LogP contribution in [-0.2, 0) is 4.79 Å². The summed E-state index contributed by atoms with van der Waals surface area (Å²) in [5.41, 5.74) is 1.81. The number of methoxy groups -OCH3 is 1. The van der Waals surface area contributed by atoms with E-state index in [4.69, 9.17) is 16.3 Å². The molecule has 26 heavy (non-hydrogen) atoms. The molecule has 3 aromatic rings. The zero-order chi connectivity index (χ0) is 18.4. The van der Waals surface area contributed by atoms with Crippen molar-refractivity contribution in [3.63, 3.8) is 0 Å². The third kappa shape index (κ3) is 4.56. The summed E-state index contributed by atoms with van der Waals surface area (Å²) in [6.07, 6.45) is 0. The fraction of sp³-hybridized carbons (Fsp3) is 0.150. The van der Waals surface area contributed by atoms with Crippen molar-refractivity contribution in [2.75, 3.05) is 19.0 Å². The van der Waals surface area contributed by atoms with Gasteiger partial charge in [-0.15, -0.1) is 11.3 Å². The molecule has 0 saturated heterocycles. The van der Waals surface area contributed by atoms with E-state index < -0.39 is 0 Å². The summed E-state index contributed by atoms with van der Waals surface area (Å²) in [5.74, 6) is 0.502. The molecule has 0 bridgehead atoms. The first-order chi connectivity index (χ1) is 12.7. The number of ether oxygens (including phenoxy) is 1. The van der Waals surface area contributed by atoms with E-state index in [1.165, 1.54) is 0 Å². The van der Waals surface area contributed by atoms with Gasteiger partial charge < -0.3 is 15.4 Å². The molecule has 2 aromatic carbocycles. The SMILES string of the molecule is COc1ccc(NCC(=O)N[C@H](c2ccccc2)c2cccs2)cc1Cl. The van der Waals surface area contributed by atoms with Crippen LogP contribution in [0.1, 0.15) is 16.5 Å². The maximum Gasteiger partial charge on any atom is 0.240 e. The third-order valence-corrected chi connectivity index (χ3v) is 5.10. The van der Waals surface area contributed by atoms with Gasteiger partial charge in [0.1, 0.15) is 5.75 Å². The quantitative estimate of drug-likeness (QED) is 0.617. The molecule has 0 unspecified atom stereocenters. The molecule has 0 fully saturated rings. The maximum absolute atomic E-state index is 12.5. The molecular weight excluding hydrogens is 368 g/mol. The largest absolute Gasteiger partial charge is 0.495 e. The van der Waals surface area contributed by atoms with E-state index in [0.717, 1.165) is 16.1 Å². The number of hydrogen-bond donors (Lipinski definition) is 2. The van der Waals surface area contributed by atoms with Crippen molar-refractivity contribution in [1.82, 2.24) is 5.32 Å². The van der Waals surface area contributed by atoms with Crippen LogP contribution >= 0.6 is 22.9 Å². The average Bonchev–Trinajstić information content (AvgIpc) is 3.19. The highest BCUT2D eigenvalue weighted by Gasteiger charge is 2.17. The molecule has 1 atom stereocenters. The number of hydrogen-bond acceptors (Lipinski definition) is 4. The molecule has 1 amide bonds. The van der Waals surface area contributed by atoms with Crippen molar-refractivity contribution < 1.29 is 9.53 Å². The van der Waals surface area contributed by atoms with Gasteiger partial charge in [0.05, 0.1) is 24.7 Å². The van der Waals surface area contributed by atoms with Gasteiger partial charge in [-0.2, -0.15) is 0 Å². The van der Waals surface area contributed by atoms with Crippen LogP contribution in [0, 0.1) is 0 Å². The van der Waals surface area contributed by atoms with Gasteiger partial charge in [0.15, 0.2) is 0 Å². The van der Waals surface area contributed by atoms with Gasteiger partial charge in [-0.25, -0.2) is 0 Å². The zero-order valence-corrected chi connectivity index (χ0v) is 15.8. The van der Waals surface area contributed by atoms with Crippen LogP contribution in [0.15, 0.2) is 66.0 Å². The Kier molecular flexibility index (Phi) is 6.15. The molecule has 0 saturated carbocycles. The molecule has 0 aliphatic heterocycles. The van der Waals surface area contributed by atoms with Crippen molar-refractivity contribution in [3.8, 4) is 5.75 Å². The van der Waals surface area contributed by atoms with Gasteiger partial charge in [-0.3, -0.25) is 4.79 Å². The summed E-state index contributed by atoms with van der Waals surface area (Å²) < 4.78 is 5.13. The molecule has 0 aliphatic carbocycles. The molecule has 3 rings (SSSR count). The number of anilines is 1. The summed E-state index contributed by atoms with van der Waals surface area (Å²) in [4.78, 5) is 13.6. The van der Waals surface area contributed by atoms with E-state index >= 15 is 0 Å². The van der Waals surface area contributed by atoms with Gasteiger partial charge in [0, 0.05) is 10.6 Å². The lowest BCUT2D eigenvalue weighted by Crippen LogP contribution is -2.33. The fourth-order valence-electron chi connectivity index (χ4n) is 2.59. The lowest BCUT2D eigenvalue weighted by molar-refractivity contribution is -0.119. The second-order valence-corrected chi connectivity index (χ2v) is 7.02. The number of carbonyl (C=O) groups is 1. The molecule has 6 heteroatoms. The average molecular weight is 387 g/mol. The number of amides is 1. The first-order valence-corrected chi connectivity index (χ1v) is 9.38. The predicted octanol–water partition coefficient (Wildman–Crippen LogP) is 4.73. The Morgan fingerprint density at radius 2 is 1.96 bits per heavy atom. The van der Waals surface area contributed by atoms with Gasteiger partial charge in [-0.05, 0) is 35.2 Å². The molecule has 134 valence electrons. The highest BCUT2D eigenvalue weighted by molar-refractivity contribution is 7.10. The van der Waals surface area contributed by atoms with Gasteiger partial charge >= 0.3 is 0 Å². The van der Waals surface area contributed by atoms with Crippen LogP contribution in [0.3, 0.4) is 0 Å². The Labute approximate surface area is 161 Å². The fourth-order valence-corrected chi connectivity index (χ4v) is 3.65. The van der Waals surface area contributed by atoms with Crippen molar-refractivity contribution in [2.24, 2.45) is 0 Å². The second kappa shape index (κ2) is 8.74. The lowest BCUT2D eigenvalue weighted by atomic mass is 10.1. The third-order valence-electron chi connectivity index (χ3n) is 3.87. The number of carbonyl (C=O) groups excluding carboxylic acids is 1. The van der Waals surface area contributed by atoms with Gasteiger partial charge in [-0.1, -0.05) is 48.0 Å². The monoisotopic (exact) mass is 386 g/mol. The standard InChI is InChI=1S/C20H19ClN2O2S/c1-25-17-10-9-15(12-16(17)21)22-13-19(24)23-20(18-8-5-11-26-18)14-6-3-2-4-7-14/h2-12,20,22H,13H2,1H3,(H,23,24)/t20-/m1/s1. The molecule has 0 aliphatic rings. The molecule has 4 nitrogen and oxygen atoms in total. The maximum atomic E-state index is 12.5. The minimum absolute atomic E-state index is 0.0980. The van der Waals surface area contributed by atoms with Crippen molar-refractivity contribution in [1.29, 1.82) is 0 Å². The van der Waals surface area contributed by atoms with Crippen LogP contribution in [0.5, 0.6) is 5.75 Å². The lowest BCUT2D eigenvalue weighted by Gasteiger charge is -2.18. The van der Waals surface area contributed by atoms with E-state index in [1.54, 1.807) is 30.6 Å². The molecule has 1 aromatic heterocycles. The summed E-state index contributed by atoms with van der Waals surface area (Å²) in [7, 11) is 1.57. The zero-order valence-electron chi connectivity index (χ0n) is 14.2. The summed E-state index contributed by atoms with van der Waals surface area (Å²) >= 11 is 7.73. The Hall–Kier alpha value is -2.50. The Balaban J connectivity index is 1.66. The van der Waals surface area contributed by atoms with Crippen molar-refractivity contribution in [2.45, 2.75) is 6.04 Å². The molecule has 1 heterocycles. The van der Waals surface area contributed by atoms with E-state index in [2.05, 4.69) is 10.6 Å². The van der Waals surface area contributed by atoms with Crippen molar-refractivity contribution in [3.05, 3.63) is 81.5 Å². The molecule has 2 N–H and O–H groups in total. The van der Waals surface area contributed by atoms with E-state index in [-0.39, 0.29) is 18.5 Å². The Morgan fingerprint density at radius 3 is 2.62 bits per heavy atom. The Morgan fingerprint density at radius 1 is 1.15 bits per heavy atom. The molecule has 0 radical (unpaired) electrons. The highest BCUT2D eigenvalue weighted by atomic mass is 35.5. The van der Waals surface area contributed by atoms with E-state index in [9.17, 15) is 4.79 Å². The van der Waals surface area contributed by atoms with Crippen LogP contribution in [0.4, 0.5) is 5.69 Å². The van der Waals surface area contributed by atoms with Gasteiger partial charge in [0.2, 0.25) is 5.91 Å². The van der Waals surface area contributed by atoms with Crippen LogP contribution < -0.4 is 15.4 Å². The van der Waals surface area contributed by atoms with Crippen LogP contribution in [-0.4, -0.2) is 19.6 Å². The molecule has 0 spiro atoms. The minimum Gasteiger partial charge on any atom is -0.495 e. The number of benzene rings is 2. The Bertz CT molecular complexity index is 854. The summed E-state index contributed by atoms with van der Waals surface area (Å²) in [6.45, 7) is 0.150. The van der Waals surface area contributed by atoms with Crippen LogP contribution in [0.2, 0.25) is 5.02 Å². The number of nitrogens with one attached hydrogen (secondary N) is 2. The predicted molar refractivity (Wildman–Crippen MR) is 107 cm³/mol. The smallest absolute Gasteiger partial charge is 0.240 e. The summed E-state index contributed by atoms with van der Waals surface area (Å²) in [6, 6.07) is 19.1. The second-order valence-electron chi connectivity index (χ2n) is 5.63. The van der Waals surface area contributed by atoms with Crippen LogP contribution in [0.25, 0.3) is 0 Å². The van der Waals surface area contributed by atoms with Gasteiger partial charge in [0.25, 0.3) is 0 Å². The first-order valence-electron chi connectivity index (χ1n) is 8.12. The summed E-state index contributed by atoms with van der Waals surface area (Å²) in [5, 5.41) is 8.69. The number of halogens is 1. The highest BCUT2D eigenvalue weighted by Crippen LogP contribution is 2.28. The van der Waals surface area contributed by atoms with Crippen molar-refractivity contribution >= 4 is 34.5 Å². The first kappa shape index (κ1) is 18.3. The minimum atomic E-state index is -0.162. The normalized spacial score (nSPS) is 11.6. The van der Waals surface area contributed by atoms with E-state index in [1.807, 2.05) is 53.9 Å².